The summed E-state index contributed by atoms with van der Waals surface area (Å²) in [4.78, 5) is 17.1. The minimum atomic E-state index is -3.48. The van der Waals surface area contributed by atoms with Gasteiger partial charge >= 0.3 is 0 Å². The molecule has 0 aliphatic heterocycles. The maximum atomic E-state index is 12.4. The molecule has 0 fully saturated rings. The third-order valence-corrected chi connectivity index (χ3v) is 6.58. The van der Waals surface area contributed by atoms with Crippen LogP contribution in [0.5, 0.6) is 0 Å². The molecule has 134 valence electrons. The van der Waals surface area contributed by atoms with Crippen molar-refractivity contribution in [2.45, 2.75) is 23.6 Å². The molecule has 1 amide bonds. The zero-order chi connectivity index (χ0) is 18.3. The number of pyridine rings is 1. The van der Waals surface area contributed by atoms with Crippen LogP contribution in [-0.4, -0.2) is 42.5 Å². The molecule has 0 saturated heterocycles. The van der Waals surface area contributed by atoms with E-state index in [9.17, 15) is 13.2 Å². The molecule has 0 spiro atoms. The number of sulfonamides is 1. The summed E-state index contributed by atoms with van der Waals surface area (Å²) < 4.78 is 26.2. The van der Waals surface area contributed by atoms with E-state index in [1.165, 1.54) is 28.2 Å². The van der Waals surface area contributed by atoms with Crippen molar-refractivity contribution >= 4 is 33.4 Å². The second-order valence-corrected chi connectivity index (χ2v) is 8.12. The molecule has 8 heteroatoms. The molecule has 25 heavy (non-hydrogen) atoms. The SMILES string of the molecule is CCN(CC)S(=O)(=O)c1ccc(NC(=O)CSc2ccncc2)cc1. The summed E-state index contributed by atoms with van der Waals surface area (Å²) >= 11 is 1.41. The Kier molecular flexibility index (Phi) is 6.98. The number of nitrogens with one attached hydrogen (secondary N) is 1. The summed E-state index contributed by atoms with van der Waals surface area (Å²) in [5, 5.41) is 2.76. The van der Waals surface area contributed by atoms with Crippen LogP contribution >= 0.6 is 11.8 Å². The Morgan fingerprint density at radius 2 is 1.68 bits per heavy atom. The molecule has 2 rings (SSSR count). The van der Waals surface area contributed by atoms with E-state index >= 15 is 0 Å². The van der Waals surface area contributed by atoms with E-state index in [1.807, 2.05) is 12.1 Å². The summed E-state index contributed by atoms with van der Waals surface area (Å²) in [5.74, 6) is 0.116. The van der Waals surface area contributed by atoms with E-state index in [0.717, 1.165) is 4.90 Å². The standard InChI is InChI=1S/C17H21N3O3S2/c1-3-20(4-2)25(22,23)16-7-5-14(6-8-16)19-17(21)13-24-15-9-11-18-12-10-15/h5-12H,3-4,13H2,1-2H3,(H,19,21). The fraction of sp³-hybridized carbons (Fsp3) is 0.294. The number of carbonyl (C=O) groups is 1. The topological polar surface area (TPSA) is 79.4 Å². The highest BCUT2D eigenvalue weighted by molar-refractivity contribution is 8.00. The minimum Gasteiger partial charge on any atom is -0.325 e. The van der Waals surface area contributed by atoms with Crippen molar-refractivity contribution in [2.75, 3.05) is 24.2 Å². The molecule has 1 aromatic heterocycles. The minimum absolute atomic E-state index is 0.152. The van der Waals surface area contributed by atoms with Crippen molar-refractivity contribution < 1.29 is 13.2 Å². The predicted octanol–water partition coefficient (Wildman–Crippen LogP) is 2.84. The zero-order valence-electron chi connectivity index (χ0n) is 14.2. The zero-order valence-corrected chi connectivity index (χ0v) is 15.8. The molecular formula is C17H21N3O3S2. The average molecular weight is 380 g/mol. The highest BCUT2D eigenvalue weighted by Gasteiger charge is 2.21. The predicted molar refractivity (Wildman–Crippen MR) is 100 cm³/mol. The van der Waals surface area contributed by atoms with Crippen LogP contribution < -0.4 is 5.32 Å². The molecule has 0 atom stereocenters. The molecular weight excluding hydrogens is 358 g/mol. The van der Waals surface area contributed by atoms with Crippen LogP contribution in [0.2, 0.25) is 0 Å². The normalized spacial score (nSPS) is 11.5. The van der Waals surface area contributed by atoms with Gasteiger partial charge < -0.3 is 5.32 Å². The third-order valence-electron chi connectivity index (χ3n) is 3.50. The number of anilines is 1. The number of aromatic nitrogens is 1. The molecule has 0 aliphatic rings. The Morgan fingerprint density at radius 3 is 2.24 bits per heavy atom. The van der Waals surface area contributed by atoms with E-state index < -0.39 is 10.0 Å². The van der Waals surface area contributed by atoms with Crippen LogP contribution in [0, 0.1) is 0 Å². The number of nitrogens with zero attached hydrogens (tertiary/aromatic N) is 2. The first-order chi connectivity index (χ1) is 12.0. The molecule has 2 aromatic rings. The van der Waals surface area contributed by atoms with Gasteiger partial charge in [0.05, 0.1) is 10.6 Å². The number of benzene rings is 1. The van der Waals surface area contributed by atoms with Crippen LogP contribution in [-0.2, 0) is 14.8 Å². The highest BCUT2D eigenvalue weighted by atomic mass is 32.2. The quantitative estimate of drug-likeness (QED) is 0.714. The van der Waals surface area contributed by atoms with Crippen molar-refractivity contribution in [3.05, 3.63) is 48.8 Å². The lowest BCUT2D eigenvalue weighted by molar-refractivity contribution is -0.113. The highest BCUT2D eigenvalue weighted by Crippen LogP contribution is 2.19. The van der Waals surface area contributed by atoms with E-state index in [-0.39, 0.29) is 16.6 Å². The molecule has 0 aliphatic carbocycles. The first-order valence-corrected chi connectivity index (χ1v) is 10.3. The summed E-state index contributed by atoms with van der Waals surface area (Å²) in [6.45, 7) is 4.44. The van der Waals surface area contributed by atoms with Crippen molar-refractivity contribution in [1.82, 2.24) is 9.29 Å². The second-order valence-electron chi connectivity index (χ2n) is 5.13. The summed E-state index contributed by atoms with van der Waals surface area (Å²) in [6.07, 6.45) is 3.35. The van der Waals surface area contributed by atoms with Crippen molar-refractivity contribution in [1.29, 1.82) is 0 Å². The van der Waals surface area contributed by atoms with Crippen LogP contribution in [0.1, 0.15) is 13.8 Å². The van der Waals surface area contributed by atoms with Crippen LogP contribution in [0.3, 0.4) is 0 Å². The number of hydrogen-bond acceptors (Lipinski definition) is 5. The number of amides is 1. The Morgan fingerprint density at radius 1 is 1.08 bits per heavy atom. The summed E-state index contributed by atoms with van der Waals surface area (Å²) in [7, 11) is -3.48. The molecule has 0 saturated carbocycles. The number of thioether (sulfide) groups is 1. The van der Waals surface area contributed by atoms with Gasteiger partial charge in [-0.05, 0) is 36.4 Å². The number of rotatable bonds is 8. The molecule has 0 bridgehead atoms. The molecule has 1 N–H and O–H groups in total. The Bertz CT molecular complexity index is 790. The van der Waals surface area contributed by atoms with Crippen molar-refractivity contribution in [3.8, 4) is 0 Å². The second kappa shape index (κ2) is 8.98. The lowest BCUT2D eigenvalue weighted by Gasteiger charge is -2.18. The van der Waals surface area contributed by atoms with Gasteiger partial charge in [0, 0.05) is 36.1 Å². The Balaban J connectivity index is 1.97. The molecule has 0 unspecified atom stereocenters. The molecule has 6 nitrogen and oxygen atoms in total. The van der Waals surface area contributed by atoms with Crippen molar-refractivity contribution in [2.24, 2.45) is 0 Å². The van der Waals surface area contributed by atoms with Gasteiger partial charge in [0.25, 0.3) is 0 Å². The third kappa shape index (κ3) is 5.29. The fourth-order valence-electron chi connectivity index (χ4n) is 2.20. The van der Waals surface area contributed by atoms with Crippen LogP contribution in [0.4, 0.5) is 5.69 Å². The lowest BCUT2D eigenvalue weighted by Crippen LogP contribution is -2.30. The van der Waals surface area contributed by atoms with Gasteiger partial charge in [-0.3, -0.25) is 9.78 Å². The first kappa shape index (κ1) is 19.4. The Hall–Kier alpha value is -1.90. The smallest absolute Gasteiger partial charge is 0.243 e. The van der Waals surface area contributed by atoms with Crippen LogP contribution in [0.25, 0.3) is 0 Å². The van der Waals surface area contributed by atoms with E-state index in [1.54, 1.807) is 38.4 Å². The van der Waals surface area contributed by atoms with Gasteiger partial charge in [-0.15, -0.1) is 11.8 Å². The van der Waals surface area contributed by atoms with Crippen molar-refractivity contribution in [3.63, 3.8) is 0 Å². The van der Waals surface area contributed by atoms with E-state index in [4.69, 9.17) is 0 Å². The summed E-state index contributed by atoms with van der Waals surface area (Å²) in [6, 6.07) is 9.91. The first-order valence-electron chi connectivity index (χ1n) is 7.90. The van der Waals surface area contributed by atoms with Gasteiger partial charge in [-0.2, -0.15) is 4.31 Å². The Labute approximate surface area is 152 Å². The monoisotopic (exact) mass is 379 g/mol. The maximum Gasteiger partial charge on any atom is 0.243 e. The van der Waals surface area contributed by atoms with Gasteiger partial charge in [0.1, 0.15) is 0 Å². The van der Waals surface area contributed by atoms with Gasteiger partial charge in [-0.1, -0.05) is 13.8 Å². The molecule has 1 heterocycles. The number of carbonyl (C=O) groups excluding carboxylic acids is 1. The maximum absolute atomic E-state index is 12.4. The van der Waals surface area contributed by atoms with Gasteiger partial charge in [0.15, 0.2) is 0 Å². The largest absolute Gasteiger partial charge is 0.325 e. The number of hydrogen-bond donors (Lipinski definition) is 1. The average Bonchev–Trinajstić information content (AvgIpc) is 2.62. The van der Waals surface area contributed by atoms with E-state index in [2.05, 4.69) is 10.3 Å². The lowest BCUT2D eigenvalue weighted by atomic mass is 10.3. The van der Waals surface area contributed by atoms with Crippen LogP contribution in [0.15, 0.2) is 58.6 Å². The molecule has 0 radical (unpaired) electrons. The van der Waals surface area contributed by atoms with Gasteiger partial charge in [0.2, 0.25) is 15.9 Å². The fourth-order valence-corrected chi connectivity index (χ4v) is 4.35. The summed E-state index contributed by atoms with van der Waals surface area (Å²) in [5.41, 5.74) is 0.568. The molecule has 1 aromatic carbocycles. The van der Waals surface area contributed by atoms with Gasteiger partial charge in [-0.25, -0.2) is 8.42 Å². The van der Waals surface area contributed by atoms with E-state index in [0.29, 0.717) is 18.8 Å².